The first-order valence-corrected chi connectivity index (χ1v) is 8.86. The van der Waals surface area contributed by atoms with Gasteiger partial charge < -0.3 is 14.8 Å². The predicted octanol–water partition coefficient (Wildman–Crippen LogP) is 4.06. The predicted molar refractivity (Wildman–Crippen MR) is 112 cm³/mol. The Morgan fingerprint density at radius 1 is 1.15 bits per heavy atom. The van der Waals surface area contributed by atoms with Crippen molar-refractivity contribution in [1.29, 1.82) is 0 Å². The molecule has 0 saturated carbocycles. The maximum atomic E-state index is 11.1. The molecule has 0 radical (unpaired) electrons. The number of methoxy groups -OCH3 is 1. The van der Waals surface area contributed by atoms with E-state index in [2.05, 4.69) is 41.8 Å². The molecule has 6 nitrogen and oxygen atoms in total. The number of esters is 1. The third kappa shape index (κ3) is 6.38. The van der Waals surface area contributed by atoms with Gasteiger partial charge in [-0.2, -0.15) is 5.10 Å². The summed E-state index contributed by atoms with van der Waals surface area (Å²) in [5.74, 6) is 0.879. The quantitative estimate of drug-likeness (QED) is 0.257. The molecule has 2 N–H and O–H groups in total. The summed E-state index contributed by atoms with van der Waals surface area (Å²) in [7, 11) is 1.51. The second kappa shape index (κ2) is 9.68. The Labute approximate surface area is 164 Å². The van der Waals surface area contributed by atoms with Crippen LogP contribution in [0.2, 0.25) is 0 Å². The number of rotatable bonds is 6. The molecule has 0 aliphatic carbocycles. The molecule has 0 atom stereocenters. The summed E-state index contributed by atoms with van der Waals surface area (Å²) in [6, 6.07) is 13.2. The first-order chi connectivity index (χ1) is 12.9. The molecule has 2 aromatic carbocycles. The van der Waals surface area contributed by atoms with Crippen LogP contribution in [0.3, 0.4) is 0 Å². The molecular formula is C20H23N3O3S. The summed E-state index contributed by atoms with van der Waals surface area (Å²) in [6.07, 6.45) is 1.59. The highest BCUT2D eigenvalue weighted by molar-refractivity contribution is 7.80. The lowest BCUT2D eigenvalue weighted by Crippen LogP contribution is -2.23. The molecule has 0 aromatic heterocycles. The number of hydrogen-bond donors (Lipinski definition) is 2. The molecule has 0 saturated heterocycles. The molecule has 0 aliphatic rings. The van der Waals surface area contributed by atoms with E-state index in [4.69, 9.17) is 21.7 Å². The Bertz CT molecular complexity index is 833. The average Bonchev–Trinajstić information content (AvgIpc) is 2.62. The molecule has 7 heteroatoms. The normalized spacial score (nSPS) is 10.7. The van der Waals surface area contributed by atoms with E-state index >= 15 is 0 Å². The van der Waals surface area contributed by atoms with E-state index < -0.39 is 5.97 Å². The molecule has 0 fully saturated rings. The molecule has 0 bridgehead atoms. The summed E-state index contributed by atoms with van der Waals surface area (Å²) in [6.45, 7) is 5.64. The van der Waals surface area contributed by atoms with Gasteiger partial charge in [0.15, 0.2) is 16.6 Å². The van der Waals surface area contributed by atoms with Crippen LogP contribution in [0.25, 0.3) is 0 Å². The number of benzene rings is 2. The van der Waals surface area contributed by atoms with E-state index in [1.54, 1.807) is 24.4 Å². The van der Waals surface area contributed by atoms with Crippen LogP contribution in [-0.2, 0) is 4.79 Å². The molecular weight excluding hydrogens is 362 g/mol. The number of ether oxygens (including phenoxy) is 2. The van der Waals surface area contributed by atoms with Crippen LogP contribution in [0.15, 0.2) is 47.6 Å². The maximum absolute atomic E-state index is 11.1. The molecule has 0 aliphatic heterocycles. The smallest absolute Gasteiger partial charge is 0.308 e. The Morgan fingerprint density at radius 2 is 1.85 bits per heavy atom. The van der Waals surface area contributed by atoms with Crippen LogP contribution in [-0.4, -0.2) is 24.4 Å². The van der Waals surface area contributed by atoms with Crippen LogP contribution in [0, 0.1) is 0 Å². The fourth-order valence-corrected chi connectivity index (χ4v) is 2.45. The van der Waals surface area contributed by atoms with Gasteiger partial charge in [-0.3, -0.25) is 10.2 Å². The third-order valence-corrected chi connectivity index (χ3v) is 3.85. The summed E-state index contributed by atoms with van der Waals surface area (Å²) in [5, 5.41) is 7.56. The number of carbonyl (C=O) groups excluding carboxylic acids is 1. The summed E-state index contributed by atoms with van der Waals surface area (Å²) < 4.78 is 10.3. The van der Waals surface area contributed by atoms with Gasteiger partial charge in [0.1, 0.15) is 0 Å². The topological polar surface area (TPSA) is 71.9 Å². The van der Waals surface area contributed by atoms with Gasteiger partial charge >= 0.3 is 5.97 Å². The van der Waals surface area contributed by atoms with Crippen LogP contribution in [0.4, 0.5) is 5.69 Å². The van der Waals surface area contributed by atoms with Gasteiger partial charge in [-0.15, -0.1) is 0 Å². The second-order valence-electron chi connectivity index (χ2n) is 6.10. The van der Waals surface area contributed by atoms with E-state index in [9.17, 15) is 4.79 Å². The van der Waals surface area contributed by atoms with Crippen molar-refractivity contribution in [1.82, 2.24) is 5.43 Å². The second-order valence-corrected chi connectivity index (χ2v) is 6.51. The average molecular weight is 385 g/mol. The Hall–Kier alpha value is -2.93. The Balaban J connectivity index is 1.94. The zero-order valence-corrected chi connectivity index (χ0v) is 16.6. The number of thiocarbonyl (C=S) groups is 1. The van der Waals surface area contributed by atoms with Crippen molar-refractivity contribution in [3.63, 3.8) is 0 Å². The minimum atomic E-state index is -0.408. The van der Waals surface area contributed by atoms with Crippen LogP contribution in [0.1, 0.15) is 37.8 Å². The molecule has 0 spiro atoms. The van der Waals surface area contributed by atoms with E-state index in [-0.39, 0.29) is 0 Å². The van der Waals surface area contributed by atoms with Crippen molar-refractivity contribution >= 4 is 35.2 Å². The SMILES string of the molecule is COc1cc(/C=N\NC(=S)Nc2ccc(C(C)C)cc2)ccc1OC(C)=O. The van der Waals surface area contributed by atoms with Gasteiger partial charge in [0.05, 0.1) is 13.3 Å². The zero-order chi connectivity index (χ0) is 19.8. The molecule has 27 heavy (non-hydrogen) atoms. The first kappa shape index (κ1) is 20.4. The van der Waals surface area contributed by atoms with Gasteiger partial charge in [-0.05, 0) is 59.6 Å². The molecule has 0 heterocycles. The van der Waals surface area contributed by atoms with E-state index in [0.717, 1.165) is 11.3 Å². The summed E-state index contributed by atoms with van der Waals surface area (Å²) in [5.41, 5.74) is 5.68. The maximum Gasteiger partial charge on any atom is 0.308 e. The first-order valence-electron chi connectivity index (χ1n) is 8.45. The molecule has 0 amide bonds. The Morgan fingerprint density at radius 3 is 2.44 bits per heavy atom. The van der Waals surface area contributed by atoms with Crippen LogP contribution >= 0.6 is 12.2 Å². The van der Waals surface area contributed by atoms with Crippen LogP contribution < -0.4 is 20.2 Å². The number of anilines is 1. The summed E-state index contributed by atoms with van der Waals surface area (Å²) >= 11 is 5.23. The van der Waals surface area contributed by atoms with Crippen LogP contribution in [0.5, 0.6) is 11.5 Å². The lowest BCUT2D eigenvalue weighted by Gasteiger charge is -2.10. The van der Waals surface area contributed by atoms with Crippen molar-refractivity contribution in [3.05, 3.63) is 53.6 Å². The van der Waals surface area contributed by atoms with Gasteiger partial charge in [0.2, 0.25) is 0 Å². The molecule has 2 rings (SSSR count). The third-order valence-electron chi connectivity index (χ3n) is 3.66. The summed E-state index contributed by atoms with van der Waals surface area (Å²) in [4.78, 5) is 11.1. The van der Waals surface area contributed by atoms with E-state index in [1.807, 2.05) is 12.1 Å². The molecule has 142 valence electrons. The van der Waals surface area contributed by atoms with Crippen molar-refractivity contribution in [2.24, 2.45) is 5.10 Å². The standard InChI is InChI=1S/C20H23N3O3S/c1-13(2)16-6-8-17(9-7-16)22-20(27)23-21-12-15-5-10-18(26-14(3)24)19(11-15)25-4/h5-13H,1-4H3,(H2,22,23,27)/b21-12-. The number of nitrogens with one attached hydrogen (secondary N) is 2. The van der Waals surface area contributed by atoms with Gasteiger partial charge in [0, 0.05) is 12.6 Å². The fraction of sp³-hybridized carbons (Fsp3) is 0.250. The van der Waals surface area contributed by atoms with E-state index in [1.165, 1.54) is 19.6 Å². The highest BCUT2D eigenvalue weighted by Gasteiger charge is 2.07. The lowest BCUT2D eigenvalue weighted by atomic mass is 10.0. The number of hydrazone groups is 1. The molecule has 2 aromatic rings. The highest BCUT2D eigenvalue weighted by Crippen LogP contribution is 2.27. The lowest BCUT2D eigenvalue weighted by molar-refractivity contribution is -0.132. The van der Waals surface area contributed by atoms with Crippen molar-refractivity contribution in [2.75, 3.05) is 12.4 Å². The number of hydrogen-bond acceptors (Lipinski definition) is 5. The molecule has 0 unspecified atom stereocenters. The van der Waals surface area contributed by atoms with Gasteiger partial charge in [-0.1, -0.05) is 26.0 Å². The minimum Gasteiger partial charge on any atom is -0.493 e. The Kier molecular flexibility index (Phi) is 7.31. The van der Waals surface area contributed by atoms with Gasteiger partial charge in [-0.25, -0.2) is 0 Å². The van der Waals surface area contributed by atoms with Crippen molar-refractivity contribution in [3.8, 4) is 11.5 Å². The van der Waals surface area contributed by atoms with E-state index in [0.29, 0.717) is 22.5 Å². The van der Waals surface area contributed by atoms with Crippen molar-refractivity contribution in [2.45, 2.75) is 26.7 Å². The monoisotopic (exact) mass is 385 g/mol. The highest BCUT2D eigenvalue weighted by atomic mass is 32.1. The largest absolute Gasteiger partial charge is 0.493 e. The van der Waals surface area contributed by atoms with Gasteiger partial charge in [0.25, 0.3) is 0 Å². The fourth-order valence-electron chi connectivity index (χ4n) is 2.28. The number of carbonyl (C=O) groups is 1. The minimum absolute atomic E-state index is 0.358. The number of nitrogens with zero attached hydrogens (tertiary/aromatic N) is 1. The van der Waals surface area contributed by atoms with Crippen molar-refractivity contribution < 1.29 is 14.3 Å². The zero-order valence-electron chi connectivity index (χ0n) is 15.8.